The van der Waals surface area contributed by atoms with Gasteiger partial charge in [-0.3, -0.25) is 4.79 Å². The third-order valence-electron chi connectivity index (χ3n) is 5.44. The Morgan fingerprint density at radius 2 is 1.48 bits per heavy atom. The van der Waals surface area contributed by atoms with Gasteiger partial charge in [-0.2, -0.15) is 0 Å². The van der Waals surface area contributed by atoms with Crippen molar-refractivity contribution in [2.75, 3.05) is 0 Å². The van der Waals surface area contributed by atoms with Crippen LogP contribution < -0.4 is 0 Å². The molecule has 4 rings (SSSR count). The summed E-state index contributed by atoms with van der Waals surface area (Å²) in [7, 11) is 7.00. The molecule has 2 aromatic carbocycles. The lowest BCUT2D eigenvalue weighted by atomic mass is 9.77. The normalized spacial score (nSPS) is 18.9. The third-order valence-corrected chi connectivity index (χ3v) is 7.74. The monoisotopic (exact) mass is 388 g/mol. The Labute approximate surface area is 162 Å². The van der Waals surface area contributed by atoms with Crippen LogP contribution in [0.15, 0.2) is 46.2 Å². The van der Waals surface area contributed by atoms with Gasteiger partial charge < -0.3 is 0 Å². The molecule has 0 atom stereocenters. The maximum atomic E-state index is 12.8. The zero-order chi connectivity index (χ0) is 17.6. The van der Waals surface area contributed by atoms with Gasteiger partial charge in [-0.15, -0.1) is 11.8 Å². The quantitative estimate of drug-likeness (QED) is 0.472. The zero-order valence-electron chi connectivity index (χ0n) is 14.5. The van der Waals surface area contributed by atoms with E-state index in [0.29, 0.717) is 10.7 Å². The number of benzene rings is 2. The fourth-order valence-electron chi connectivity index (χ4n) is 3.84. The van der Waals surface area contributed by atoms with Gasteiger partial charge in [0, 0.05) is 26.2 Å². The molecule has 0 amide bonds. The second kappa shape index (κ2) is 6.68. The second-order valence-corrected chi connectivity index (χ2v) is 10.3. The van der Waals surface area contributed by atoms with E-state index in [-0.39, 0.29) is 5.78 Å². The number of carbonyl (C=O) groups excluding carboxylic acids is 1. The molecule has 0 bridgehead atoms. The standard InChI is InChI=1S/C21H21ClOS2/c1-21(2)9-7-13(8-10-21)24-14-3-5-16-17-6-4-15(25-22)12-19(17)20(23)18(16)11-14/h3-6,11-13H,7-10H2,1-2H3. The molecule has 4 heteroatoms. The molecule has 0 aliphatic heterocycles. The van der Waals surface area contributed by atoms with E-state index in [1.807, 2.05) is 30.0 Å². The lowest BCUT2D eigenvalue weighted by Gasteiger charge is -2.34. The number of fused-ring (bicyclic) bond motifs is 3. The minimum atomic E-state index is 0.129. The van der Waals surface area contributed by atoms with Crippen molar-refractivity contribution < 1.29 is 4.79 Å². The highest BCUT2D eigenvalue weighted by atomic mass is 35.7. The van der Waals surface area contributed by atoms with E-state index in [1.165, 1.54) is 30.6 Å². The van der Waals surface area contributed by atoms with Gasteiger partial charge in [0.2, 0.25) is 0 Å². The first-order valence-corrected chi connectivity index (χ1v) is 11.3. The molecule has 0 aromatic heterocycles. The molecule has 0 radical (unpaired) electrons. The molecule has 0 unspecified atom stereocenters. The van der Waals surface area contributed by atoms with Crippen LogP contribution in [0.2, 0.25) is 0 Å². The summed E-state index contributed by atoms with van der Waals surface area (Å²) in [6.45, 7) is 4.74. The molecule has 1 fully saturated rings. The van der Waals surface area contributed by atoms with Crippen molar-refractivity contribution in [1.29, 1.82) is 0 Å². The summed E-state index contributed by atoms with van der Waals surface area (Å²) in [6, 6.07) is 12.3. The maximum absolute atomic E-state index is 12.8. The van der Waals surface area contributed by atoms with Crippen LogP contribution in [-0.4, -0.2) is 11.0 Å². The summed E-state index contributed by atoms with van der Waals surface area (Å²) in [6.07, 6.45) is 5.11. The van der Waals surface area contributed by atoms with Gasteiger partial charge >= 0.3 is 0 Å². The van der Waals surface area contributed by atoms with E-state index < -0.39 is 0 Å². The molecule has 0 N–H and O–H groups in total. The summed E-state index contributed by atoms with van der Waals surface area (Å²) in [5.74, 6) is 0.129. The topological polar surface area (TPSA) is 17.1 Å². The fourth-order valence-corrected chi connectivity index (χ4v) is 5.60. The number of hydrogen-bond acceptors (Lipinski definition) is 3. The van der Waals surface area contributed by atoms with E-state index in [0.717, 1.165) is 38.1 Å². The van der Waals surface area contributed by atoms with Gasteiger partial charge in [-0.1, -0.05) is 26.0 Å². The van der Waals surface area contributed by atoms with Crippen LogP contribution in [0.1, 0.15) is 55.5 Å². The van der Waals surface area contributed by atoms with Crippen LogP contribution in [0.5, 0.6) is 0 Å². The average molecular weight is 389 g/mol. The molecule has 0 spiro atoms. The zero-order valence-corrected chi connectivity index (χ0v) is 16.9. The minimum Gasteiger partial charge on any atom is -0.289 e. The molecule has 2 aliphatic carbocycles. The summed E-state index contributed by atoms with van der Waals surface area (Å²) in [4.78, 5) is 15.0. The summed E-state index contributed by atoms with van der Waals surface area (Å²) < 4.78 is 0. The number of ketones is 1. The van der Waals surface area contributed by atoms with Crippen molar-refractivity contribution in [2.45, 2.75) is 54.6 Å². The van der Waals surface area contributed by atoms with Crippen molar-refractivity contribution >= 4 is 39.2 Å². The third kappa shape index (κ3) is 3.39. The van der Waals surface area contributed by atoms with Crippen LogP contribution in [0.4, 0.5) is 0 Å². The molecular formula is C21H21ClOS2. The number of carbonyl (C=O) groups is 1. The van der Waals surface area contributed by atoms with E-state index in [1.54, 1.807) is 0 Å². The van der Waals surface area contributed by atoms with Crippen molar-refractivity contribution in [3.05, 3.63) is 47.5 Å². The lowest BCUT2D eigenvalue weighted by molar-refractivity contribution is 0.104. The molecule has 25 heavy (non-hydrogen) atoms. The van der Waals surface area contributed by atoms with Gasteiger partial charge in [0.1, 0.15) is 0 Å². The number of halogens is 1. The lowest BCUT2D eigenvalue weighted by Crippen LogP contribution is -2.22. The summed E-state index contributed by atoms with van der Waals surface area (Å²) in [5.41, 5.74) is 4.20. The average Bonchev–Trinajstić information content (AvgIpc) is 2.89. The first kappa shape index (κ1) is 17.5. The van der Waals surface area contributed by atoms with Crippen LogP contribution >= 0.6 is 33.4 Å². The largest absolute Gasteiger partial charge is 0.289 e. The Balaban J connectivity index is 1.57. The second-order valence-electron chi connectivity index (χ2n) is 7.80. The maximum Gasteiger partial charge on any atom is 0.194 e. The molecule has 1 saturated carbocycles. The number of rotatable bonds is 3. The minimum absolute atomic E-state index is 0.129. The molecular weight excluding hydrogens is 368 g/mol. The van der Waals surface area contributed by atoms with Gasteiger partial charge in [-0.05, 0) is 88.1 Å². The Morgan fingerprint density at radius 3 is 2.08 bits per heavy atom. The van der Waals surface area contributed by atoms with E-state index >= 15 is 0 Å². The molecule has 1 nitrogen and oxygen atoms in total. The van der Waals surface area contributed by atoms with Crippen molar-refractivity contribution in [3.8, 4) is 11.1 Å². The fraction of sp³-hybridized carbons (Fsp3) is 0.381. The summed E-state index contributed by atoms with van der Waals surface area (Å²) >= 11 is 1.94. The summed E-state index contributed by atoms with van der Waals surface area (Å²) in [5, 5.41) is 0.671. The Hall–Kier alpha value is -0.900. The van der Waals surface area contributed by atoms with E-state index in [2.05, 4.69) is 32.0 Å². The van der Waals surface area contributed by atoms with Crippen LogP contribution in [-0.2, 0) is 0 Å². The molecule has 0 heterocycles. The highest BCUT2D eigenvalue weighted by Crippen LogP contribution is 2.44. The number of hydrogen-bond donors (Lipinski definition) is 0. The number of thioether (sulfide) groups is 1. The molecule has 2 aromatic rings. The predicted octanol–water partition coefficient (Wildman–Crippen LogP) is 7.20. The molecule has 130 valence electrons. The smallest absolute Gasteiger partial charge is 0.194 e. The first-order valence-electron chi connectivity index (χ1n) is 8.75. The van der Waals surface area contributed by atoms with E-state index in [4.69, 9.17) is 10.7 Å². The van der Waals surface area contributed by atoms with Crippen LogP contribution in [0, 0.1) is 5.41 Å². The van der Waals surface area contributed by atoms with E-state index in [9.17, 15) is 4.79 Å². The first-order chi connectivity index (χ1) is 12.0. The van der Waals surface area contributed by atoms with Crippen LogP contribution in [0.25, 0.3) is 11.1 Å². The molecule has 2 aliphatic rings. The Morgan fingerprint density at radius 1 is 0.920 bits per heavy atom. The highest BCUT2D eigenvalue weighted by molar-refractivity contribution is 8.21. The van der Waals surface area contributed by atoms with Crippen molar-refractivity contribution in [2.24, 2.45) is 5.41 Å². The molecule has 0 saturated heterocycles. The van der Waals surface area contributed by atoms with Gasteiger partial charge in [0.05, 0.1) is 0 Å². The predicted molar refractivity (Wildman–Crippen MR) is 109 cm³/mol. The Kier molecular flexibility index (Phi) is 4.68. The Bertz CT molecular complexity index is 834. The van der Waals surface area contributed by atoms with Crippen molar-refractivity contribution in [3.63, 3.8) is 0 Å². The van der Waals surface area contributed by atoms with Gasteiger partial charge in [0.25, 0.3) is 0 Å². The van der Waals surface area contributed by atoms with Crippen LogP contribution in [0.3, 0.4) is 0 Å². The highest BCUT2D eigenvalue weighted by Gasteiger charge is 2.29. The van der Waals surface area contributed by atoms with Gasteiger partial charge in [-0.25, -0.2) is 0 Å². The van der Waals surface area contributed by atoms with Gasteiger partial charge in [0.15, 0.2) is 5.78 Å². The SMILES string of the molecule is CC1(C)CCC(Sc2ccc3c(c2)C(=O)c2cc(SCl)ccc2-3)CC1. The van der Waals surface area contributed by atoms with Crippen molar-refractivity contribution in [1.82, 2.24) is 0 Å².